The molecule has 0 fully saturated rings. The molecule has 0 heterocycles. The first-order valence-corrected chi connectivity index (χ1v) is 12.7. The summed E-state index contributed by atoms with van der Waals surface area (Å²) in [7, 11) is -2.20. The SMILES string of the molecule is C[S@](=O)c1ccc(C(=O)OCc2ccc(COC(=O)c3ccc([S@@](C)=O)cc3)cc2)cc1. The van der Waals surface area contributed by atoms with Crippen LogP contribution in [0.2, 0.25) is 0 Å². The molecule has 0 spiro atoms. The quantitative estimate of drug-likeness (QED) is 0.465. The van der Waals surface area contributed by atoms with Crippen molar-refractivity contribution in [1.82, 2.24) is 0 Å². The van der Waals surface area contributed by atoms with Gasteiger partial charge in [-0.1, -0.05) is 24.3 Å². The lowest BCUT2D eigenvalue weighted by atomic mass is 10.1. The fraction of sp³-hybridized carbons (Fsp3) is 0.167. The highest BCUT2D eigenvalue weighted by Gasteiger charge is 2.10. The Balaban J connectivity index is 1.49. The van der Waals surface area contributed by atoms with Gasteiger partial charge in [0.15, 0.2) is 0 Å². The Morgan fingerprint density at radius 3 is 1.19 bits per heavy atom. The van der Waals surface area contributed by atoms with Crippen molar-refractivity contribution >= 4 is 33.5 Å². The van der Waals surface area contributed by atoms with Crippen molar-refractivity contribution in [3.05, 3.63) is 95.1 Å². The van der Waals surface area contributed by atoms with Gasteiger partial charge >= 0.3 is 11.9 Å². The van der Waals surface area contributed by atoms with E-state index in [2.05, 4.69) is 0 Å². The molecule has 0 aliphatic rings. The van der Waals surface area contributed by atoms with E-state index >= 15 is 0 Å². The number of ether oxygens (including phenoxy) is 2. The van der Waals surface area contributed by atoms with Crippen LogP contribution in [0.4, 0.5) is 0 Å². The predicted octanol–water partition coefficient (Wildman–Crippen LogP) is 3.88. The Labute approximate surface area is 191 Å². The van der Waals surface area contributed by atoms with Crippen molar-refractivity contribution in [3.8, 4) is 0 Å². The summed E-state index contributed by atoms with van der Waals surface area (Å²) >= 11 is 0. The second kappa shape index (κ2) is 11.0. The number of hydrogen-bond donors (Lipinski definition) is 0. The van der Waals surface area contributed by atoms with E-state index in [9.17, 15) is 18.0 Å². The zero-order valence-electron chi connectivity index (χ0n) is 17.6. The molecule has 0 saturated heterocycles. The largest absolute Gasteiger partial charge is 0.457 e. The number of carbonyl (C=O) groups is 2. The standard InChI is InChI=1S/C24H22O6S2/c1-31(27)21-11-7-19(8-12-21)23(25)29-15-17-3-5-18(6-4-17)16-30-24(26)20-9-13-22(14-10-20)32(2)28/h3-14H,15-16H2,1-2H3/t31-,32+. The van der Waals surface area contributed by atoms with Gasteiger partial charge in [-0.3, -0.25) is 8.42 Å². The molecule has 8 heteroatoms. The molecule has 166 valence electrons. The lowest BCUT2D eigenvalue weighted by Gasteiger charge is -2.08. The molecule has 3 rings (SSSR count). The maximum atomic E-state index is 12.2. The van der Waals surface area contributed by atoms with Crippen molar-refractivity contribution in [2.24, 2.45) is 0 Å². The number of carbonyl (C=O) groups excluding carboxylic acids is 2. The Kier molecular flexibility index (Phi) is 8.08. The van der Waals surface area contributed by atoms with Gasteiger partial charge in [-0.25, -0.2) is 9.59 Å². The summed E-state index contributed by atoms with van der Waals surface area (Å²) in [6.45, 7) is 0.205. The molecular formula is C24H22O6S2. The van der Waals surface area contributed by atoms with Gasteiger partial charge in [0.05, 0.1) is 11.1 Å². The van der Waals surface area contributed by atoms with Gasteiger partial charge in [-0.05, 0) is 59.7 Å². The predicted molar refractivity (Wildman–Crippen MR) is 122 cm³/mol. The molecule has 0 N–H and O–H groups in total. The van der Waals surface area contributed by atoms with Gasteiger partial charge in [0.1, 0.15) is 13.2 Å². The second-order valence-electron chi connectivity index (χ2n) is 6.93. The summed E-state index contributed by atoms with van der Waals surface area (Å²) in [6.07, 6.45) is 3.15. The highest BCUT2D eigenvalue weighted by Crippen LogP contribution is 2.13. The van der Waals surface area contributed by atoms with Gasteiger partial charge in [-0.2, -0.15) is 0 Å². The van der Waals surface area contributed by atoms with Crippen LogP contribution < -0.4 is 0 Å². The van der Waals surface area contributed by atoms with Gasteiger partial charge in [0.2, 0.25) is 0 Å². The van der Waals surface area contributed by atoms with Crippen LogP contribution in [0.1, 0.15) is 31.8 Å². The molecule has 3 aromatic carbocycles. The number of esters is 2. The summed E-state index contributed by atoms with van der Waals surface area (Å²) in [5, 5.41) is 0. The molecule has 32 heavy (non-hydrogen) atoms. The molecule has 0 aromatic heterocycles. The number of rotatable bonds is 8. The van der Waals surface area contributed by atoms with Crippen LogP contribution in [-0.4, -0.2) is 32.9 Å². The van der Waals surface area contributed by atoms with Gasteiger partial charge in [-0.15, -0.1) is 0 Å². The van der Waals surface area contributed by atoms with E-state index in [-0.39, 0.29) is 13.2 Å². The number of benzene rings is 3. The van der Waals surface area contributed by atoms with E-state index in [1.165, 1.54) is 0 Å². The zero-order valence-corrected chi connectivity index (χ0v) is 19.2. The minimum absolute atomic E-state index is 0.103. The summed E-state index contributed by atoms with van der Waals surface area (Å²) in [5.74, 6) is -0.927. The molecule has 0 aliphatic carbocycles. The summed E-state index contributed by atoms with van der Waals surface area (Å²) in [4.78, 5) is 25.6. The molecule has 0 bridgehead atoms. The summed E-state index contributed by atoms with van der Waals surface area (Å²) in [5.41, 5.74) is 2.37. The minimum atomic E-state index is -1.10. The van der Waals surface area contributed by atoms with E-state index < -0.39 is 33.5 Å². The average molecular weight is 471 g/mol. The van der Waals surface area contributed by atoms with Crippen molar-refractivity contribution < 1.29 is 27.5 Å². The maximum absolute atomic E-state index is 12.2. The Bertz CT molecular complexity index is 1040. The Morgan fingerprint density at radius 1 is 0.594 bits per heavy atom. The van der Waals surface area contributed by atoms with Gasteiger partial charge in [0.25, 0.3) is 0 Å². The highest BCUT2D eigenvalue weighted by atomic mass is 32.2. The van der Waals surface area contributed by atoms with E-state index in [1.54, 1.807) is 85.3 Å². The maximum Gasteiger partial charge on any atom is 0.338 e. The molecule has 0 unspecified atom stereocenters. The normalized spacial score (nSPS) is 12.6. The Hall–Kier alpha value is -3.10. The fourth-order valence-electron chi connectivity index (χ4n) is 2.76. The van der Waals surface area contributed by atoms with Crippen molar-refractivity contribution in [1.29, 1.82) is 0 Å². The first-order chi connectivity index (χ1) is 15.3. The molecule has 3 aromatic rings. The van der Waals surface area contributed by atoms with Crippen LogP contribution in [0.5, 0.6) is 0 Å². The zero-order chi connectivity index (χ0) is 23.1. The molecule has 0 radical (unpaired) electrons. The van der Waals surface area contributed by atoms with E-state index in [0.717, 1.165) is 11.1 Å². The topological polar surface area (TPSA) is 86.7 Å². The minimum Gasteiger partial charge on any atom is -0.457 e. The third-order valence-electron chi connectivity index (χ3n) is 4.61. The van der Waals surface area contributed by atoms with Crippen LogP contribution in [-0.2, 0) is 44.3 Å². The fourth-order valence-corrected chi connectivity index (χ4v) is 3.80. The van der Waals surface area contributed by atoms with Gasteiger partial charge in [0, 0.05) is 43.9 Å². The summed E-state index contributed by atoms with van der Waals surface area (Å²) < 4.78 is 33.5. The van der Waals surface area contributed by atoms with E-state index in [4.69, 9.17) is 9.47 Å². The van der Waals surface area contributed by atoms with E-state index in [0.29, 0.717) is 20.9 Å². The molecule has 0 aliphatic heterocycles. The third kappa shape index (κ3) is 6.45. The van der Waals surface area contributed by atoms with Crippen LogP contribution in [0.3, 0.4) is 0 Å². The number of hydrogen-bond acceptors (Lipinski definition) is 6. The molecule has 0 saturated carbocycles. The highest BCUT2D eigenvalue weighted by molar-refractivity contribution is 7.84. The molecular weight excluding hydrogens is 448 g/mol. The van der Waals surface area contributed by atoms with Crippen molar-refractivity contribution in [3.63, 3.8) is 0 Å². The van der Waals surface area contributed by atoms with Crippen molar-refractivity contribution in [2.75, 3.05) is 12.5 Å². The monoisotopic (exact) mass is 470 g/mol. The Morgan fingerprint density at radius 2 is 0.906 bits per heavy atom. The van der Waals surface area contributed by atoms with Crippen LogP contribution in [0.15, 0.2) is 82.6 Å². The molecule has 2 atom stereocenters. The summed E-state index contributed by atoms with van der Waals surface area (Å²) in [6, 6.07) is 20.1. The van der Waals surface area contributed by atoms with E-state index in [1.807, 2.05) is 0 Å². The molecule has 6 nitrogen and oxygen atoms in total. The smallest absolute Gasteiger partial charge is 0.338 e. The van der Waals surface area contributed by atoms with Crippen LogP contribution >= 0.6 is 0 Å². The molecule has 0 amide bonds. The van der Waals surface area contributed by atoms with Crippen LogP contribution in [0.25, 0.3) is 0 Å². The third-order valence-corrected chi connectivity index (χ3v) is 6.48. The average Bonchev–Trinajstić information content (AvgIpc) is 2.81. The lowest BCUT2D eigenvalue weighted by molar-refractivity contribution is 0.0460. The van der Waals surface area contributed by atoms with Gasteiger partial charge < -0.3 is 9.47 Å². The first kappa shape index (κ1) is 23.6. The second-order valence-corrected chi connectivity index (χ2v) is 9.69. The van der Waals surface area contributed by atoms with Crippen LogP contribution in [0, 0.1) is 0 Å². The first-order valence-electron chi connectivity index (χ1n) is 9.62. The lowest BCUT2D eigenvalue weighted by Crippen LogP contribution is -2.06. The van der Waals surface area contributed by atoms with Crippen molar-refractivity contribution in [2.45, 2.75) is 23.0 Å².